The fourth-order valence-corrected chi connectivity index (χ4v) is 2.43. The summed E-state index contributed by atoms with van der Waals surface area (Å²) in [6, 6.07) is 7.06. The third kappa shape index (κ3) is 3.57. The maximum atomic E-state index is 12.5. The maximum absolute atomic E-state index is 12.5. The average molecular weight is 275 g/mol. The Labute approximate surface area is 119 Å². The van der Waals surface area contributed by atoms with Crippen molar-refractivity contribution in [2.24, 2.45) is 0 Å². The van der Waals surface area contributed by atoms with Crippen LogP contribution in [0.2, 0.25) is 0 Å². The van der Waals surface area contributed by atoms with Gasteiger partial charge in [0, 0.05) is 43.3 Å². The standard InChI is InChI=1S/C15H21N3O2/c1-11(19)17-13-6-4-5-12(9-13)14(20)18-8-7-16-15(2,3)10-18/h4-6,9,16H,7-8,10H2,1-3H3,(H,17,19). The van der Waals surface area contributed by atoms with E-state index in [4.69, 9.17) is 0 Å². The summed E-state index contributed by atoms with van der Waals surface area (Å²) in [4.78, 5) is 25.4. The monoisotopic (exact) mass is 275 g/mol. The molecular formula is C15H21N3O2. The van der Waals surface area contributed by atoms with Gasteiger partial charge in [0.05, 0.1) is 0 Å². The van der Waals surface area contributed by atoms with Gasteiger partial charge in [-0.3, -0.25) is 9.59 Å². The normalized spacial score (nSPS) is 17.6. The maximum Gasteiger partial charge on any atom is 0.254 e. The number of carbonyl (C=O) groups is 2. The van der Waals surface area contributed by atoms with E-state index in [0.29, 0.717) is 24.3 Å². The molecule has 1 saturated heterocycles. The Kier molecular flexibility index (Phi) is 4.09. The zero-order valence-corrected chi connectivity index (χ0v) is 12.2. The predicted octanol–water partition coefficient (Wildman–Crippen LogP) is 1.47. The molecule has 1 fully saturated rings. The first kappa shape index (κ1) is 14.5. The van der Waals surface area contributed by atoms with E-state index in [0.717, 1.165) is 6.54 Å². The van der Waals surface area contributed by atoms with Crippen LogP contribution in [0.3, 0.4) is 0 Å². The SMILES string of the molecule is CC(=O)Nc1cccc(C(=O)N2CCNC(C)(C)C2)c1. The summed E-state index contributed by atoms with van der Waals surface area (Å²) in [6.07, 6.45) is 0. The molecule has 2 amide bonds. The highest BCUT2D eigenvalue weighted by Gasteiger charge is 2.29. The lowest BCUT2D eigenvalue weighted by Gasteiger charge is -2.39. The van der Waals surface area contributed by atoms with Gasteiger partial charge in [-0.2, -0.15) is 0 Å². The molecule has 0 bridgehead atoms. The Balaban J connectivity index is 2.14. The van der Waals surface area contributed by atoms with Crippen molar-refractivity contribution in [2.75, 3.05) is 25.0 Å². The molecular weight excluding hydrogens is 254 g/mol. The van der Waals surface area contributed by atoms with Crippen LogP contribution in [0.1, 0.15) is 31.1 Å². The Morgan fingerprint density at radius 2 is 2.10 bits per heavy atom. The summed E-state index contributed by atoms with van der Waals surface area (Å²) in [6.45, 7) is 7.79. The molecule has 2 N–H and O–H groups in total. The van der Waals surface area contributed by atoms with Gasteiger partial charge in [0.2, 0.25) is 5.91 Å². The third-order valence-corrected chi connectivity index (χ3v) is 3.29. The van der Waals surface area contributed by atoms with Crippen LogP contribution in [0.5, 0.6) is 0 Å². The molecule has 5 heteroatoms. The predicted molar refractivity (Wildman–Crippen MR) is 78.7 cm³/mol. The number of benzene rings is 1. The first-order chi connectivity index (χ1) is 9.37. The molecule has 1 aliphatic rings. The van der Waals surface area contributed by atoms with Gasteiger partial charge < -0.3 is 15.5 Å². The van der Waals surface area contributed by atoms with E-state index in [9.17, 15) is 9.59 Å². The van der Waals surface area contributed by atoms with Gasteiger partial charge in [-0.05, 0) is 32.0 Å². The highest BCUT2D eigenvalue weighted by molar-refractivity contribution is 5.96. The fraction of sp³-hybridized carbons (Fsp3) is 0.467. The molecule has 20 heavy (non-hydrogen) atoms. The second kappa shape index (κ2) is 5.63. The molecule has 0 saturated carbocycles. The summed E-state index contributed by atoms with van der Waals surface area (Å²) in [5.74, 6) is -0.135. The molecule has 0 radical (unpaired) electrons. The van der Waals surface area contributed by atoms with Gasteiger partial charge in [-0.15, -0.1) is 0 Å². The van der Waals surface area contributed by atoms with Gasteiger partial charge in [0.15, 0.2) is 0 Å². The molecule has 0 aliphatic carbocycles. The van der Waals surface area contributed by atoms with Gasteiger partial charge in [-0.25, -0.2) is 0 Å². The van der Waals surface area contributed by atoms with Crippen molar-refractivity contribution in [1.29, 1.82) is 0 Å². The minimum atomic E-state index is -0.141. The zero-order chi connectivity index (χ0) is 14.8. The van der Waals surface area contributed by atoms with Crippen molar-refractivity contribution in [2.45, 2.75) is 26.3 Å². The molecule has 1 aromatic carbocycles. The van der Waals surface area contributed by atoms with Crippen LogP contribution in [0.25, 0.3) is 0 Å². The summed E-state index contributed by atoms with van der Waals surface area (Å²) < 4.78 is 0. The van der Waals surface area contributed by atoms with Crippen molar-refractivity contribution in [3.63, 3.8) is 0 Å². The topological polar surface area (TPSA) is 61.4 Å². The lowest BCUT2D eigenvalue weighted by molar-refractivity contribution is -0.114. The van der Waals surface area contributed by atoms with E-state index in [1.165, 1.54) is 6.92 Å². The molecule has 1 aliphatic heterocycles. The second-order valence-electron chi connectivity index (χ2n) is 5.80. The van der Waals surface area contributed by atoms with Gasteiger partial charge in [0.1, 0.15) is 0 Å². The molecule has 0 aromatic heterocycles. The van der Waals surface area contributed by atoms with Crippen LogP contribution in [-0.2, 0) is 4.79 Å². The third-order valence-electron chi connectivity index (χ3n) is 3.29. The number of piperazine rings is 1. The van der Waals surface area contributed by atoms with Crippen LogP contribution in [-0.4, -0.2) is 41.9 Å². The zero-order valence-electron chi connectivity index (χ0n) is 12.2. The van der Waals surface area contributed by atoms with Crippen molar-refractivity contribution in [3.8, 4) is 0 Å². The Bertz CT molecular complexity index is 526. The molecule has 1 aromatic rings. The highest BCUT2D eigenvalue weighted by Crippen LogP contribution is 2.16. The molecule has 2 rings (SSSR count). The largest absolute Gasteiger partial charge is 0.336 e. The number of anilines is 1. The van der Waals surface area contributed by atoms with E-state index < -0.39 is 0 Å². The number of nitrogens with zero attached hydrogens (tertiary/aromatic N) is 1. The van der Waals surface area contributed by atoms with Gasteiger partial charge >= 0.3 is 0 Å². The molecule has 1 heterocycles. The van der Waals surface area contributed by atoms with E-state index in [1.807, 2.05) is 4.90 Å². The van der Waals surface area contributed by atoms with Gasteiger partial charge in [0.25, 0.3) is 5.91 Å². The van der Waals surface area contributed by atoms with Crippen molar-refractivity contribution in [1.82, 2.24) is 10.2 Å². The quantitative estimate of drug-likeness (QED) is 0.859. The van der Waals surface area contributed by atoms with E-state index in [2.05, 4.69) is 24.5 Å². The van der Waals surface area contributed by atoms with Crippen molar-refractivity contribution in [3.05, 3.63) is 29.8 Å². The number of hydrogen-bond donors (Lipinski definition) is 2. The molecule has 108 valence electrons. The van der Waals surface area contributed by atoms with Gasteiger partial charge in [-0.1, -0.05) is 6.07 Å². The Hall–Kier alpha value is -1.88. The fourth-order valence-electron chi connectivity index (χ4n) is 2.43. The highest BCUT2D eigenvalue weighted by atomic mass is 16.2. The van der Waals surface area contributed by atoms with Crippen LogP contribution in [0.15, 0.2) is 24.3 Å². The van der Waals surface area contributed by atoms with E-state index in [1.54, 1.807) is 24.3 Å². The lowest BCUT2D eigenvalue weighted by atomic mass is 10.0. The van der Waals surface area contributed by atoms with Crippen LogP contribution < -0.4 is 10.6 Å². The minimum Gasteiger partial charge on any atom is -0.336 e. The second-order valence-corrected chi connectivity index (χ2v) is 5.80. The van der Waals surface area contributed by atoms with Crippen LogP contribution in [0, 0.1) is 0 Å². The number of carbonyl (C=O) groups excluding carboxylic acids is 2. The number of rotatable bonds is 2. The van der Waals surface area contributed by atoms with Crippen molar-refractivity contribution >= 4 is 17.5 Å². The average Bonchev–Trinajstić information content (AvgIpc) is 2.36. The number of nitrogens with one attached hydrogen (secondary N) is 2. The first-order valence-electron chi connectivity index (χ1n) is 6.79. The Morgan fingerprint density at radius 1 is 1.35 bits per heavy atom. The number of hydrogen-bond acceptors (Lipinski definition) is 3. The smallest absolute Gasteiger partial charge is 0.254 e. The summed E-state index contributed by atoms with van der Waals surface area (Å²) in [5, 5.41) is 6.08. The van der Waals surface area contributed by atoms with Crippen molar-refractivity contribution < 1.29 is 9.59 Å². The molecule has 0 atom stereocenters. The number of amides is 2. The summed E-state index contributed by atoms with van der Waals surface area (Å²) >= 11 is 0. The summed E-state index contributed by atoms with van der Waals surface area (Å²) in [7, 11) is 0. The van der Waals surface area contributed by atoms with E-state index in [-0.39, 0.29) is 17.4 Å². The molecule has 0 spiro atoms. The Morgan fingerprint density at radius 3 is 2.75 bits per heavy atom. The van der Waals surface area contributed by atoms with Crippen LogP contribution >= 0.6 is 0 Å². The summed E-state index contributed by atoms with van der Waals surface area (Å²) in [5.41, 5.74) is 1.19. The molecule has 5 nitrogen and oxygen atoms in total. The first-order valence-corrected chi connectivity index (χ1v) is 6.79. The van der Waals surface area contributed by atoms with Crippen LogP contribution in [0.4, 0.5) is 5.69 Å². The minimum absolute atomic E-state index is 0.00628. The lowest BCUT2D eigenvalue weighted by Crippen LogP contribution is -2.58. The molecule has 0 unspecified atom stereocenters. The van der Waals surface area contributed by atoms with E-state index >= 15 is 0 Å².